The monoisotopic (exact) mass is 292 g/mol. The molecule has 0 spiro atoms. The Bertz CT molecular complexity index is 404. The predicted molar refractivity (Wildman–Crippen MR) is 91.8 cm³/mol. The maximum absolute atomic E-state index is 4.81. The number of hydrogen-bond donors (Lipinski definition) is 1. The lowest BCUT2D eigenvalue weighted by molar-refractivity contribution is 0.372. The Balaban J connectivity index is 2.71. The Hall–Kier alpha value is -1.13. The highest BCUT2D eigenvalue weighted by Crippen LogP contribution is 2.15. The summed E-state index contributed by atoms with van der Waals surface area (Å²) in [6.07, 6.45) is 0. The first-order valence-corrected chi connectivity index (χ1v) is 8.02. The summed E-state index contributed by atoms with van der Waals surface area (Å²) in [5, 5.41) is 3.46. The van der Waals surface area contributed by atoms with Crippen LogP contribution in [0.1, 0.15) is 33.4 Å². The Morgan fingerprint density at radius 2 is 1.90 bits per heavy atom. The van der Waals surface area contributed by atoms with Crippen molar-refractivity contribution >= 4 is 5.82 Å². The number of pyridine rings is 1. The highest BCUT2D eigenvalue weighted by molar-refractivity contribution is 5.40. The van der Waals surface area contributed by atoms with E-state index in [2.05, 4.69) is 75.1 Å². The van der Waals surface area contributed by atoms with Gasteiger partial charge in [0.1, 0.15) is 5.82 Å². The first kappa shape index (κ1) is 17.9. The molecule has 0 saturated heterocycles. The minimum Gasteiger partial charge on any atom is -0.353 e. The van der Waals surface area contributed by atoms with Crippen LogP contribution in [-0.2, 0) is 6.54 Å². The zero-order chi connectivity index (χ0) is 15.8. The van der Waals surface area contributed by atoms with Crippen LogP contribution < -0.4 is 10.2 Å². The van der Waals surface area contributed by atoms with Crippen LogP contribution in [0.25, 0.3) is 0 Å². The van der Waals surface area contributed by atoms with Crippen molar-refractivity contribution in [2.45, 2.75) is 40.3 Å². The van der Waals surface area contributed by atoms with Crippen LogP contribution in [0.3, 0.4) is 0 Å². The summed E-state index contributed by atoms with van der Waals surface area (Å²) in [4.78, 5) is 9.40. The lowest BCUT2D eigenvalue weighted by Crippen LogP contribution is -2.40. The second-order valence-corrected chi connectivity index (χ2v) is 6.41. The van der Waals surface area contributed by atoms with Gasteiger partial charge in [0, 0.05) is 25.7 Å². The van der Waals surface area contributed by atoms with E-state index in [1.54, 1.807) is 0 Å². The molecule has 4 nitrogen and oxygen atoms in total. The van der Waals surface area contributed by atoms with E-state index in [9.17, 15) is 0 Å². The Morgan fingerprint density at radius 1 is 1.19 bits per heavy atom. The molecule has 0 aliphatic heterocycles. The molecule has 1 aromatic heterocycles. The Kier molecular flexibility index (Phi) is 7.68. The molecule has 1 rings (SSSR count). The van der Waals surface area contributed by atoms with Gasteiger partial charge < -0.3 is 15.1 Å². The third kappa shape index (κ3) is 6.44. The fourth-order valence-corrected chi connectivity index (χ4v) is 2.54. The van der Waals surface area contributed by atoms with Gasteiger partial charge in [-0.05, 0) is 52.5 Å². The molecule has 4 heteroatoms. The summed E-state index contributed by atoms with van der Waals surface area (Å²) in [5.41, 5.74) is 1.11. The zero-order valence-corrected chi connectivity index (χ0v) is 14.6. The molecule has 1 heterocycles. The standard InChI is InChI=1S/C17H32N4/c1-7-21(15(4)13-20(5)6)17-10-8-9-16(19-17)12-18-11-14(2)3/h8-10,14-15,18H,7,11-13H2,1-6H3. The van der Waals surface area contributed by atoms with Gasteiger partial charge in [-0.2, -0.15) is 0 Å². The number of nitrogens with one attached hydrogen (secondary N) is 1. The molecule has 21 heavy (non-hydrogen) atoms. The minimum atomic E-state index is 0.455. The summed E-state index contributed by atoms with van der Waals surface area (Å²) in [7, 11) is 4.23. The number of anilines is 1. The molecule has 0 radical (unpaired) electrons. The highest BCUT2D eigenvalue weighted by Gasteiger charge is 2.15. The summed E-state index contributed by atoms with van der Waals surface area (Å²) >= 11 is 0. The molecule has 0 amide bonds. The van der Waals surface area contributed by atoms with Gasteiger partial charge in [0.2, 0.25) is 0 Å². The molecule has 0 bridgehead atoms. The summed E-state index contributed by atoms with van der Waals surface area (Å²) in [5.74, 6) is 1.75. The van der Waals surface area contributed by atoms with E-state index in [0.717, 1.165) is 37.7 Å². The molecule has 1 unspecified atom stereocenters. The van der Waals surface area contributed by atoms with E-state index in [1.807, 2.05) is 0 Å². The Labute approximate surface area is 130 Å². The van der Waals surface area contributed by atoms with Crippen molar-refractivity contribution in [3.63, 3.8) is 0 Å². The number of hydrogen-bond acceptors (Lipinski definition) is 4. The molecule has 0 aliphatic carbocycles. The molecule has 0 aliphatic rings. The number of nitrogens with zero attached hydrogens (tertiary/aromatic N) is 3. The van der Waals surface area contributed by atoms with E-state index >= 15 is 0 Å². The van der Waals surface area contributed by atoms with Gasteiger partial charge in [-0.15, -0.1) is 0 Å². The third-order valence-electron chi connectivity index (χ3n) is 3.45. The van der Waals surface area contributed by atoms with Crippen molar-refractivity contribution in [1.29, 1.82) is 0 Å². The van der Waals surface area contributed by atoms with Crippen LogP contribution >= 0.6 is 0 Å². The van der Waals surface area contributed by atoms with Crippen molar-refractivity contribution < 1.29 is 0 Å². The van der Waals surface area contributed by atoms with Crippen molar-refractivity contribution in [3.8, 4) is 0 Å². The number of rotatable bonds is 9. The summed E-state index contributed by atoms with van der Waals surface area (Å²) < 4.78 is 0. The maximum atomic E-state index is 4.81. The van der Waals surface area contributed by atoms with Gasteiger partial charge in [-0.25, -0.2) is 4.98 Å². The average molecular weight is 292 g/mol. The normalized spacial score (nSPS) is 13.0. The smallest absolute Gasteiger partial charge is 0.129 e. The van der Waals surface area contributed by atoms with Crippen molar-refractivity contribution in [1.82, 2.24) is 15.2 Å². The summed E-state index contributed by atoms with van der Waals surface area (Å²) in [6, 6.07) is 6.78. The maximum Gasteiger partial charge on any atom is 0.129 e. The van der Waals surface area contributed by atoms with Crippen LogP contribution in [0.15, 0.2) is 18.2 Å². The molecule has 0 aromatic carbocycles. The molecular formula is C17H32N4. The van der Waals surface area contributed by atoms with Crippen LogP contribution in [-0.4, -0.2) is 49.7 Å². The highest BCUT2D eigenvalue weighted by atomic mass is 15.2. The van der Waals surface area contributed by atoms with E-state index in [4.69, 9.17) is 4.98 Å². The second kappa shape index (κ2) is 9.00. The van der Waals surface area contributed by atoms with E-state index < -0.39 is 0 Å². The zero-order valence-electron chi connectivity index (χ0n) is 14.6. The first-order chi connectivity index (χ1) is 9.93. The predicted octanol–water partition coefficient (Wildman–Crippen LogP) is 2.60. The largest absolute Gasteiger partial charge is 0.353 e. The third-order valence-corrected chi connectivity index (χ3v) is 3.45. The molecule has 120 valence electrons. The lowest BCUT2D eigenvalue weighted by atomic mass is 10.2. The van der Waals surface area contributed by atoms with Gasteiger partial charge in [0.25, 0.3) is 0 Å². The van der Waals surface area contributed by atoms with Gasteiger partial charge >= 0.3 is 0 Å². The van der Waals surface area contributed by atoms with Crippen LogP contribution in [0.5, 0.6) is 0 Å². The quantitative estimate of drug-likeness (QED) is 0.758. The van der Waals surface area contributed by atoms with Gasteiger partial charge in [0.05, 0.1) is 5.69 Å². The van der Waals surface area contributed by atoms with Crippen molar-refractivity contribution in [3.05, 3.63) is 23.9 Å². The number of likely N-dealkylation sites (N-methyl/N-ethyl adjacent to an activating group) is 2. The molecule has 1 N–H and O–H groups in total. The van der Waals surface area contributed by atoms with Crippen LogP contribution in [0.4, 0.5) is 5.82 Å². The molecule has 1 aromatic rings. The molecule has 0 fully saturated rings. The van der Waals surface area contributed by atoms with E-state index in [1.165, 1.54) is 0 Å². The first-order valence-electron chi connectivity index (χ1n) is 8.02. The second-order valence-electron chi connectivity index (χ2n) is 6.41. The molecule has 1 atom stereocenters. The summed E-state index contributed by atoms with van der Waals surface area (Å²) in [6.45, 7) is 12.8. The molecular weight excluding hydrogens is 260 g/mol. The van der Waals surface area contributed by atoms with Crippen LogP contribution in [0, 0.1) is 5.92 Å². The van der Waals surface area contributed by atoms with Crippen molar-refractivity contribution in [2.75, 3.05) is 38.6 Å². The average Bonchev–Trinajstić information content (AvgIpc) is 2.38. The number of aromatic nitrogens is 1. The Morgan fingerprint density at radius 3 is 2.48 bits per heavy atom. The van der Waals surface area contributed by atoms with Gasteiger partial charge in [-0.1, -0.05) is 19.9 Å². The van der Waals surface area contributed by atoms with Gasteiger partial charge in [-0.3, -0.25) is 0 Å². The SMILES string of the molecule is CCN(c1cccc(CNCC(C)C)n1)C(C)CN(C)C. The van der Waals surface area contributed by atoms with Gasteiger partial charge in [0.15, 0.2) is 0 Å². The fraction of sp³-hybridized carbons (Fsp3) is 0.706. The van der Waals surface area contributed by atoms with E-state index in [0.29, 0.717) is 12.0 Å². The van der Waals surface area contributed by atoms with E-state index in [-0.39, 0.29) is 0 Å². The van der Waals surface area contributed by atoms with Crippen molar-refractivity contribution in [2.24, 2.45) is 5.92 Å². The molecule has 0 saturated carbocycles. The fourth-order valence-electron chi connectivity index (χ4n) is 2.54. The minimum absolute atomic E-state index is 0.455. The van der Waals surface area contributed by atoms with Crippen LogP contribution in [0.2, 0.25) is 0 Å². The lowest BCUT2D eigenvalue weighted by Gasteiger charge is -2.31. The topological polar surface area (TPSA) is 31.4 Å².